The number of rotatable bonds is 5. The number of benzene rings is 3. The number of ketones is 1. The number of furan rings is 1. The van der Waals surface area contributed by atoms with Gasteiger partial charge in [0.15, 0.2) is 11.5 Å². The lowest BCUT2D eigenvalue weighted by Crippen LogP contribution is -2.31. The fourth-order valence-corrected chi connectivity index (χ4v) is 4.64. The van der Waals surface area contributed by atoms with E-state index in [4.69, 9.17) is 32.4 Å². The minimum absolute atomic E-state index is 0.0275. The van der Waals surface area contributed by atoms with Crippen LogP contribution in [0.2, 0.25) is 10.0 Å². The SMILES string of the molecule is COc1ccccc1C1C(C(=O)c2cc3cc(Cl)ccc3o2)=C(O)C(=O)N1c1ccc(C)c(Cl)c1. The number of hydrogen-bond donors (Lipinski definition) is 1. The summed E-state index contributed by atoms with van der Waals surface area (Å²) in [5.74, 6) is -1.60. The minimum atomic E-state index is -0.985. The van der Waals surface area contributed by atoms with E-state index < -0.39 is 23.5 Å². The number of ether oxygens (including phenoxy) is 1. The monoisotopic (exact) mass is 507 g/mol. The Bertz CT molecular complexity index is 1540. The Hall–Kier alpha value is -3.74. The van der Waals surface area contributed by atoms with Gasteiger partial charge in [0.05, 0.1) is 18.7 Å². The van der Waals surface area contributed by atoms with Gasteiger partial charge in [0, 0.05) is 26.7 Å². The third-order valence-corrected chi connectivity index (χ3v) is 6.66. The Morgan fingerprint density at radius 1 is 1.06 bits per heavy atom. The van der Waals surface area contributed by atoms with Crippen LogP contribution in [0.25, 0.3) is 11.0 Å². The summed E-state index contributed by atoms with van der Waals surface area (Å²) in [5, 5.41) is 12.6. The summed E-state index contributed by atoms with van der Waals surface area (Å²) < 4.78 is 11.3. The molecule has 0 aliphatic carbocycles. The summed E-state index contributed by atoms with van der Waals surface area (Å²) in [6.07, 6.45) is 0. The standard InChI is InChI=1S/C27H19Cl2NO5/c1-14-7-9-17(13-19(14)29)30-24(18-5-3-4-6-21(18)34-2)23(26(32)27(30)33)25(31)22-12-15-11-16(28)8-10-20(15)35-22/h3-13,24,32H,1-2H3. The average molecular weight is 508 g/mol. The molecule has 0 fully saturated rings. The highest BCUT2D eigenvalue weighted by molar-refractivity contribution is 6.32. The van der Waals surface area contributed by atoms with Gasteiger partial charge in [-0.05, 0) is 55.0 Å². The molecule has 1 aromatic heterocycles. The molecule has 1 aliphatic rings. The molecule has 2 heterocycles. The van der Waals surface area contributed by atoms with E-state index in [2.05, 4.69) is 0 Å². The van der Waals surface area contributed by atoms with Crippen molar-refractivity contribution in [3.63, 3.8) is 0 Å². The molecule has 0 radical (unpaired) electrons. The van der Waals surface area contributed by atoms with Gasteiger partial charge in [0.1, 0.15) is 11.3 Å². The van der Waals surface area contributed by atoms with E-state index in [-0.39, 0.29) is 11.3 Å². The third-order valence-electron chi connectivity index (χ3n) is 6.02. The van der Waals surface area contributed by atoms with Crippen LogP contribution in [0.3, 0.4) is 0 Å². The lowest BCUT2D eigenvalue weighted by atomic mass is 9.94. The zero-order valence-electron chi connectivity index (χ0n) is 18.7. The van der Waals surface area contributed by atoms with Gasteiger partial charge in [-0.3, -0.25) is 14.5 Å². The smallest absolute Gasteiger partial charge is 0.294 e. The molecule has 0 bridgehead atoms. The van der Waals surface area contributed by atoms with Gasteiger partial charge in [0.25, 0.3) is 5.91 Å². The van der Waals surface area contributed by atoms with Gasteiger partial charge >= 0.3 is 0 Å². The van der Waals surface area contributed by atoms with Gasteiger partial charge in [-0.2, -0.15) is 0 Å². The molecule has 1 atom stereocenters. The quantitative estimate of drug-likeness (QED) is 0.299. The fourth-order valence-electron chi connectivity index (χ4n) is 4.28. The normalized spacial score (nSPS) is 15.8. The zero-order chi connectivity index (χ0) is 24.9. The van der Waals surface area contributed by atoms with Crippen molar-refractivity contribution in [2.75, 3.05) is 12.0 Å². The number of anilines is 1. The number of halogens is 2. The van der Waals surface area contributed by atoms with Crippen LogP contribution in [0, 0.1) is 6.92 Å². The molecule has 3 aromatic carbocycles. The van der Waals surface area contributed by atoms with E-state index in [9.17, 15) is 14.7 Å². The van der Waals surface area contributed by atoms with Crippen molar-refractivity contribution in [1.29, 1.82) is 0 Å². The maximum absolute atomic E-state index is 13.7. The molecule has 4 aromatic rings. The van der Waals surface area contributed by atoms with Crippen molar-refractivity contribution in [3.8, 4) is 5.75 Å². The van der Waals surface area contributed by atoms with Crippen LogP contribution in [-0.2, 0) is 4.79 Å². The third kappa shape index (κ3) is 3.85. The Morgan fingerprint density at radius 2 is 1.83 bits per heavy atom. The lowest BCUT2D eigenvalue weighted by Gasteiger charge is -2.28. The number of amides is 1. The highest BCUT2D eigenvalue weighted by atomic mass is 35.5. The number of fused-ring (bicyclic) bond motifs is 1. The van der Waals surface area contributed by atoms with Gasteiger partial charge in [-0.1, -0.05) is 47.5 Å². The second kappa shape index (κ2) is 8.80. The molecule has 35 heavy (non-hydrogen) atoms. The molecule has 6 nitrogen and oxygen atoms in total. The first-order valence-corrected chi connectivity index (χ1v) is 11.4. The number of aliphatic hydroxyl groups excluding tert-OH is 1. The molecule has 8 heteroatoms. The maximum Gasteiger partial charge on any atom is 0.294 e. The number of methoxy groups -OCH3 is 1. The summed E-state index contributed by atoms with van der Waals surface area (Å²) in [6, 6.07) is 17.6. The van der Waals surface area contributed by atoms with Gasteiger partial charge in [-0.15, -0.1) is 0 Å². The van der Waals surface area contributed by atoms with Crippen molar-refractivity contribution in [3.05, 3.63) is 105 Å². The van der Waals surface area contributed by atoms with Crippen LogP contribution in [0.15, 0.2) is 82.5 Å². The molecule has 1 unspecified atom stereocenters. The number of carbonyl (C=O) groups excluding carboxylic acids is 2. The van der Waals surface area contributed by atoms with E-state index in [1.807, 2.05) is 6.92 Å². The summed E-state index contributed by atoms with van der Waals surface area (Å²) in [5.41, 5.74) is 2.10. The Labute approximate surface area is 210 Å². The molecule has 176 valence electrons. The molecule has 1 aliphatic heterocycles. The fraction of sp³-hybridized carbons (Fsp3) is 0.111. The largest absolute Gasteiger partial charge is 0.503 e. The van der Waals surface area contributed by atoms with Crippen LogP contribution in [-0.4, -0.2) is 23.9 Å². The maximum atomic E-state index is 13.7. The Balaban J connectivity index is 1.70. The molecular formula is C27H19Cl2NO5. The molecule has 1 amide bonds. The first-order chi connectivity index (χ1) is 16.8. The second-order valence-electron chi connectivity index (χ2n) is 8.14. The van der Waals surface area contributed by atoms with Crippen molar-refractivity contribution >= 4 is 51.5 Å². The molecular weight excluding hydrogens is 489 g/mol. The predicted molar refractivity (Wildman–Crippen MR) is 135 cm³/mol. The molecule has 5 rings (SSSR count). The van der Waals surface area contributed by atoms with Crippen molar-refractivity contribution in [1.82, 2.24) is 0 Å². The number of Topliss-reactive ketones (excluding diaryl/α,β-unsaturated/α-hetero) is 1. The highest BCUT2D eigenvalue weighted by Crippen LogP contribution is 2.45. The van der Waals surface area contributed by atoms with Crippen molar-refractivity contribution in [2.45, 2.75) is 13.0 Å². The number of aryl methyl sites for hydroxylation is 1. The van der Waals surface area contributed by atoms with Crippen LogP contribution in [0.1, 0.15) is 27.7 Å². The van der Waals surface area contributed by atoms with Crippen LogP contribution < -0.4 is 9.64 Å². The first-order valence-electron chi connectivity index (χ1n) is 10.7. The lowest BCUT2D eigenvalue weighted by molar-refractivity contribution is -0.117. The van der Waals surface area contributed by atoms with Gasteiger partial charge in [0.2, 0.25) is 5.78 Å². The minimum Gasteiger partial charge on any atom is -0.503 e. The summed E-state index contributed by atoms with van der Waals surface area (Å²) >= 11 is 12.4. The second-order valence-corrected chi connectivity index (χ2v) is 8.98. The number of hydrogen-bond acceptors (Lipinski definition) is 5. The van der Waals surface area contributed by atoms with Crippen LogP contribution >= 0.6 is 23.2 Å². The summed E-state index contributed by atoms with van der Waals surface area (Å²) in [6.45, 7) is 1.84. The zero-order valence-corrected chi connectivity index (χ0v) is 20.2. The van der Waals surface area contributed by atoms with Crippen molar-refractivity contribution in [2.24, 2.45) is 0 Å². The van der Waals surface area contributed by atoms with Crippen LogP contribution in [0.4, 0.5) is 5.69 Å². The average Bonchev–Trinajstić information content (AvgIpc) is 3.39. The first kappa shape index (κ1) is 23.0. The summed E-state index contributed by atoms with van der Waals surface area (Å²) in [7, 11) is 1.50. The summed E-state index contributed by atoms with van der Waals surface area (Å²) in [4.78, 5) is 28.5. The Morgan fingerprint density at radius 3 is 2.57 bits per heavy atom. The van der Waals surface area contributed by atoms with Gasteiger partial charge in [-0.25, -0.2) is 0 Å². The van der Waals surface area contributed by atoms with E-state index in [1.165, 1.54) is 12.0 Å². The number of nitrogens with zero attached hydrogens (tertiary/aromatic N) is 1. The van der Waals surface area contributed by atoms with E-state index >= 15 is 0 Å². The molecule has 1 N–H and O–H groups in total. The number of carbonyl (C=O) groups is 2. The van der Waals surface area contributed by atoms with E-state index in [0.29, 0.717) is 38.0 Å². The molecule has 0 spiro atoms. The van der Waals surface area contributed by atoms with Crippen LogP contribution in [0.5, 0.6) is 5.75 Å². The predicted octanol–water partition coefficient (Wildman–Crippen LogP) is 6.84. The van der Waals surface area contributed by atoms with E-state index in [0.717, 1.165) is 5.56 Å². The van der Waals surface area contributed by atoms with E-state index in [1.54, 1.807) is 66.7 Å². The Kier molecular flexibility index (Phi) is 5.79. The van der Waals surface area contributed by atoms with Gasteiger partial charge < -0.3 is 14.3 Å². The number of para-hydroxylation sites is 1. The van der Waals surface area contributed by atoms with Crippen molar-refractivity contribution < 1.29 is 23.8 Å². The highest BCUT2D eigenvalue weighted by Gasteiger charge is 2.46. The topological polar surface area (TPSA) is 80.0 Å². The molecule has 0 saturated heterocycles. The molecule has 0 saturated carbocycles. The number of aliphatic hydroxyl groups is 1.